The van der Waals surface area contributed by atoms with Gasteiger partial charge in [-0.05, 0) is 36.4 Å². The number of rotatable bonds is 3. The van der Waals surface area contributed by atoms with Gasteiger partial charge in [0.2, 0.25) is 0 Å². The van der Waals surface area contributed by atoms with Crippen LogP contribution in [0.1, 0.15) is 15.9 Å². The molecular formula is C17H12F4N2O3. The lowest BCUT2D eigenvalue weighted by molar-refractivity contribution is -0.139. The molecular weight excluding hydrogens is 356 g/mol. The molecule has 0 aliphatic carbocycles. The number of aromatic carboxylic acids is 1. The summed E-state index contributed by atoms with van der Waals surface area (Å²) >= 11 is 0. The molecule has 1 N–H and O–H groups in total. The van der Waals surface area contributed by atoms with Gasteiger partial charge in [0.15, 0.2) is 0 Å². The van der Waals surface area contributed by atoms with Gasteiger partial charge in [0.1, 0.15) is 5.82 Å². The van der Waals surface area contributed by atoms with Crippen molar-refractivity contribution in [3.05, 3.63) is 59.4 Å². The molecule has 1 fully saturated rings. The first kappa shape index (κ1) is 17.7. The number of nitrogens with zero attached hydrogens (tertiary/aromatic N) is 2. The minimum Gasteiger partial charge on any atom is -0.478 e. The predicted octanol–water partition coefficient (Wildman–Crippen LogP) is 3.99. The van der Waals surface area contributed by atoms with E-state index in [1.54, 1.807) is 0 Å². The van der Waals surface area contributed by atoms with Crippen LogP contribution >= 0.6 is 0 Å². The molecule has 9 heteroatoms. The van der Waals surface area contributed by atoms with E-state index in [9.17, 15) is 27.2 Å². The molecule has 0 aromatic heterocycles. The Bertz CT molecular complexity index is 883. The molecule has 2 aromatic carbocycles. The van der Waals surface area contributed by atoms with Gasteiger partial charge in [0.25, 0.3) is 0 Å². The van der Waals surface area contributed by atoms with Gasteiger partial charge in [-0.1, -0.05) is 6.07 Å². The van der Waals surface area contributed by atoms with Gasteiger partial charge in [-0.2, -0.15) is 13.2 Å². The first-order chi connectivity index (χ1) is 12.2. The number of hydrogen-bond donors (Lipinski definition) is 1. The molecule has 26 heavy (non-hydrogen) atoms. The zero-order valence-corrected chi connectivity index (χ0v) is 13.1. The van der Waals surface area contributed by atoms with Crippen LogP contribution in [0.25, 0.3) is 0 Å². The highest BCUT2D eigenvalue weighted by atomic mass is 19.4. The second-order valence-corrected chi connectivity index (χ2v) is 5.60. The van der Waals surface area contributed by atoms with E-state index in [-0.39, 0.29) is 24.3 Å². The number of carbonyl (C=O) groups excluding carboxylic acids is 1. The summed E-state index contributed by atoms with van der Waals surface area (Å²) in [7, 11) is 0. The average Bonchev–Trinajstić information content (AvgIpc) is 2.96. The van der Waals surface area contributed by atoms with Crippen molar-refractivity contribution in [3.8, 4) is 0 Å². The maximum absolute atomic E-state index is 13.4. The smallest absolute Gasteiger partial charge is 0.419 e. The summed E-state index contributed by atoms with van der Waals surface area (Å²) in [4.78, 5) is 25.9. The number of carbonyl (C=O) groups is 2. The van der Waals surface area contributed by atoms with E-state index in [4.69, 9.17) is 5.11 Å². The Kier molecular flexibility index (Phi) is 4.31. The van der Waals surface area contributed by atoms with Gasteiger partial charge in [0, 0.05) is 24.5 Å². The number of halogens is 4. The Morgan fingerprint density at radius 2 is 1.62 bits per heavy atom. The van der Waals surface area contributed by atoms with E-state index in [1.807, 2.05) is 0 Å². The van der Waals surface area contributed by atoms with Crippen LogP contribution in [0.15, 0.2) is 42.5 Å². The lowest BCUT2D eigenvalue weighted by Gasteiger charge is -2.20. The van der Waals surface area contributed by atoms with Gasteiger partial charge in [-0.3, -0.25) is 9.80 Å². The lowest BCUT2D eigenvalue weighted by Crippen LogP contribution is -2.32. The van der Waals surface area contributed by atoms with Crippen LogP contribution in [-0.2, 0) is 6.18 Å². The Morgan fingerprint density at radius 3 is 2.19 bits per heavy atom. The van der Waals surface area contributed by atoms with Gasteiger partial charge in [-0.15, -0.1) is 0 Å². The first-order valence-electron chi connectivity index (χ1n) is 7.47. The summed E-state index contributed by atoms with van der Waals surface area (Å²) in [5.41, 5.74) is -1.24. The number of carboxylic acids is 1. The number of carboxylic acid groups (broad SMARTS) is 1. The third-order valence-electron chi connectivity index (χ3n) is 3.98. The van der Waals surface area contributed by atoms with Crippen molar-refractivity contribution in [2.45, 2.75) is 6.18 Å². The van der Waals surface area contributed by atoms with Crippen LogP contribution in [0.5, 0.6) is 0 Å². The molecule has 0 saturated carbocycles. The van der Waals surface area contributed by atoms with Crippen LogP contribution in [-0.4, -0.2) is 30.2 Å². The normalized spacial score (nSPS) is 14.8. The number of urea groups is 1. The van der Waals surface area contributed by atoms with Crippen molar-refractivity contribution in [2.24, 2.45) is 0 Å². The quantitative estimate of drug-likeness (QED) is 0.834. The summed E-state index contributed by atoms with van der Waals surface area (Å²) in [6.45, 7) is 0.236. The van der Waals surface area contributed by atoms with Gasteiger partial charge in [0.05, 0.1) is 11.1 Å². The molecule has 1 saturated heterocycles. The number of alkyl halides is 3. The van der Waals surface area contributed by atoms with E-state index >= 15 is 0 Å². The van der Waals surface area contributed by atoms with Crippen LogP contribution < -0.4 is 9.80 Å². The predicted molar refractivity (Wildman–Crippen MR) is 84.9 cm³/mol. The van der Waals surface area contributed by atoms with Crippen LogP contribution in [0.4, 0.5) is 33.7 Å². The lowest BCUT2D eigenvalue weighted by atomic mass is 10.1. The largest absolute Gasteiger partial charge is 0.478 e. The minimum atomic E-state index is -4.88. The standard InChI is InChI=1S/C17H12F4N2O3/c18-14-5-4-12(9-13(14)17(19,20)21)23-7-6-22(16(23)26)11-3-1-2-10(8-11)15(24)25/h1-5,8-9H,6-7H2,(H,24,25). The molecule has 0 unspecified atom stereocenters. The van der Waals surface area contributed by atoms with Crippen LogP contribution in [0.3, 0.4) is 0 Å². The summed E-state index contributed by atoms with van der Waals surface area (Å²) in [6, 6.07) is 7.39. The van der Waals surface area contributed by atoms with Crippen molar-refractivity contribution < 1.29 is 32.3 Å². The molecule has 0 atom stereocenters. The number of benzene rings is 2. The van der Waals surface area contributed by atoms with Gasteiger partial charge < -0.3 is 5.11 Å². The summed E-state index contributed by atoms with van der Waals surface area (Å²) in [6.07, 6.45) is -4.88. The molecule has 2 aromatic rings. The highest BCUT2D eigenvalue weighted by Crippen LogP contribution is 2.35. The highest BCUT2D eigenvalue weighted by Gasteiger charge is 2.37. The Hall–Kier alpha value is -3.10. The third-order valence-corrected chi connectivity index (χ3v) is 3.98. The molecule has 1 aliphatic heterocycles. The highest BCUT2D eigenvalue weighted by molar-refractivity contribution is 6.06. The summed E-state index contributed by atoms with van der Waals surface area (Å²) < 4.78 is 52.0. The molecule has 1 aliphatic rings. The van der Waals surface area contributed by atoms with Crippen molar-refractivity contribution in [1.29, 1.82) is 0 Å². The van der Waals surface area contributed by atoms with Crippen molar-refractivity contribution in [3.63, 3.8) is 0 Å². The van der Waals surface area contributed by atoms with E-state index < -0.39 is 29.6 Å². The zero-order valence-electron chi connectivity index (χ0n) is 13.1. The van der Waals surface area contributed by atoms with Crippen LogP contribution in [0, 0.1) is 5.82 Å². The van der Waals surface area contributed by atoms with Crippen LogP contribution in [0.2, 0.25) is 0 Å². The maximum atomic E-state index is 13.4. The fraction of sp³-hybridized carbons (Fsp3) is 0.176. The molecule has 1 heterocycles. The summed E-state index contributed by atoms with van der Waals surface area (Å²) in [5, 5.41) is 9.02. The second kappa shape index (κ2) is 6.32. The minimum absolute atomic E-state index is 0.0186. The van der Waals surface area contributed by atoms with E-state index in [0.717, 1.165) is 11.0 Å². The third kappa shape index (κ3) is 3.19. The molecule has 2 amide bonds. The molecule has 3 rings (SSSR count). The second-order valence-electron chi connectivity index (χ2n) is 5.60. The molecule has 0 spiro atoms. The number of amides is 2. The van der Waals surface area contributed by atoms with Gasteiger partial charge in [-0.25, -0.2) is 14.0 Å². The average molecular weight is 368 g/mol. The zero-order chi connectivity index (χ0) is 19.1. The molecule has 0 bridgehead atoms. The Morgan fingerprint density at radius 1 is 1.00 bits per heavy atom. The molecule has 136 valence electrons. The topological polar surface area (TPSA) is 60.9 Å². The van der Waals surface area contributed by atoms with Crippen molar-refractivity contribution >= 4 is 23.4 Å². The molecule has 5 nitrogen and oxygen atoms in total. The van der Waals surface area contributed by atoms with E-state index in [1.165, 1.54) is 29.2 Å². The van der Waals surface area contributed by atoms with Crippen molar-refractivity contribution in [2.75, 3.05) is 22.9 Å². The Balaban J connectivity index is 1.90. The SMILES string of the molecule is O=C(O)c1cccc(N2CCN(c3ccc(F)c(C(F)(F)F)c3)C2=O)c1. The van der Waals surface area contributed by atoms with E-state index in [0.29, 0.717) is 17.8 Å². The number of hydrogen-bond acceptors (Lipinski definition) is 2. The Labute approximate surface area is 145 Å². The fourth-order valence-corrected chi connectivity index (χ4v) is 2.72. The number of anilines is 2. The monoisotopic (exact) mass is 368 g/mol. The first-order valence-corrected chi connectivity index (χ1v) is 7.47. The summed E-state index contributed by atoms with van der Waals surface area (Å²) in [5.74, 6) is -2.58. The van der Waals surface area contributed by atoms with E-state index in [2.05, 4.69) is 0 Å². The van der Waals surface area contributed by atoms with Crippen molar-refractivity contribution in [1.82, 2.24) is 0 Å². The maximum Gasteiger partial charge on any atom is 0.419 e. The fourth-order valence-electron chi connectivity index (χ4n) is 2.72. The molecule has 0 radical (unpaired) electrons. The van der Waals surface area contributed by atoms with Gasteiger partial charge >= 0.3 is 18.2 Å².